The summed E-state index contributed by atoms with van der Waals surface area (Å²) in [7, 11) is -3.27. The van der Waals surface area contributed by atoms with Crippen molar-refractivity contribution in [3.8, 4) is 11.1 Å². The van der Waals surface area contributed by atoms with Gasteiger partial charge in [0, 0.05) is 13.1 Å². The van der Waals surface area contributed by atoms with Crippen molar-refractivity contribution in [2.75, 3.05) is 19.6 Å². The monoisotopic (exact) mass is 483 g/mol. The van der Waals surface area contributed by atoms with Crippen molar-refractivity contribution in [3.63, 3.8) is 0 Å². The maximum absolute atomic E-state index is 13.4. The summed E-state index contributed by atoms with van der Waals surface area (Å²) in [5.41, 5.74) is 8.52. The van der Waals surface area contributed by atoms with Gasteiger partial charge in [0.05, 0.1) is 9.64 Å². The lowest BCUT2D eigenvalue weighted by molar-refractivity contribution is 0.233. The normalized spacial score (nSPS) is 19.2. The molecule has 0 unspecified atom stereocenters. The summed E-state index contributed by atoms with van der Waals surface area (Å²) in [6, 6.07) is 26.7. The Morgan fingerprint density at radius 2 is 1.26 bits per heavy atom. The number of piperidine rings is 1. The van der Waals surface area contributed by atoms with Crippen LogP contribution in [0.25, 0.3) is 16.7 Å². The van der Waals surface area contributed by atoms with E-state index in [1.54, 1.807) is 17.7 Å². The highest BCUT2D eigenvalue weighted by molar-refractivity contribution is 7.93. The summed E-state index contributed by atoms with van der Waals surface area (Å²) < 4.78 is 26.2. The van der Waals surface area contributed by atoms with Gasteiger partial charge in [-0.3, -0.25) is 0 Å². The Balaban J connectivity index is 1.12. The summed E-state index contributed by atoms with van der Waals surface area (Å²) in [6.07, 6.45) is 6.53. The summed E-state index contributed by atoms with van der Waals surface area (Å²) in [4.78, 5) is 3.03. The predicted molar refractivity (Wildman–Crippen MR) is 143 cm³/mol. The Labute approximate surface area is 209 Å². The quantitative estimate of drug-likeness (QED) is 0.305. The van der Waals surface area contributed by atoms with Gasteiger partial charge in [-0.05, 0) is 85.0 Å². The summed E-state index contributed by atoms with van der Waals surface area (Å²) in [5, 5.41) is 0. The molecular formula is C31H33NO2S. The lowest BCUT2D eigenvalue weighted by Gasteiger charge is -2.41. The molecule has 1 saturated carbocycles. The van der Waals surface area contributed by atoms with Gasteiger partial charge in [0.2, 0.25) is 0 Å². The number of likely N-dealkylation sites (tertiary alicyclic amines) is 1. The summed E-state index contributed by atoms with van der Waals surface area (Å²) >= 11 is 0. The van der Waals surface area contributed by atoms with Crippen molar-refractivity contribution < 1.29 is 8.42 Å². The molecule has 0 atom stereocenters. The van der Waals surface area contributed by atoms with Gasteiger partial charge in [-0.15, -0.1) is 0 Å². The van der Waals surface area contributed by atoms with Gasteiger partial charge >= 0.3 is 0 Å². The Bertz CT molecular complexity index is 1310. The van der Waals surface area contributed by atoms with Crippen LogP contribution in [-0.4, -0.2) is 37.7 Å². The molecule has 1 aliphatic heterocycles. The van der Waals surface area contributed by atoms with Crippen molar-refractivity contribution in [2.24, 2.45) is 0 Å². The van der Waals surface area contributed by atoms with Crippen LogP contribution in [0.3, 0.4) is 0 Å². The van der Waals surface area contributed by atoms with Crippen LogP contribution in [0, 0.1) is 0 Å². The fourth-order valence-corrected chi connectivity index (χ4v) is 8.65. The molecule has 3 aromatic rings. The van der Waals surface area contributed by atoms with Crippen LogP contribution in [0.5, 0.6) is 0 Å². The van der Waals surface area contributed by atoms with E-state index in [1.165, 1.54) is 27.8 Å². The van der Waals surface area contributed by atoms with E-state index in [-0.39, 0.29) is 0 Å². The third kappa shape index (κ3) is 3.88. The first-order valence-electron chi connectivity index (χ1n) is 13.0. The average Bonchev–Trinajstić information content (AvgIpc) is 3.21. The van der Waals surface area contributed by atoms with Crippen molar-refractivity contribution in [2.45, 2.75) is 54.6 Å². The largest absolute Gasteiger partial charge is 0.303 e. The van der Waals surface area contributed by atoms with E-state index in [2.05, 4.69) is 53.4 Å². The van der Waals surface area contributed by atoms with Gasteiger partial charge in [0.15, 0.2) is 9.84 Å². The standard InChI is InChI=1S/C31H33NO2S/c33-35(34,25-10-2-1-3-11-25)31(18-8-19-31)20-9-21-32-22-16-24(17-23-32)30-28-14-6-4-12-26(28)27-13-5-7-15-29(27)30/h1-7,10-15H,8-9,16-23H2. The maximum atomic E-state index is 13.4. The first-order valence-corrected chi connectivity index (χ1v) is 14.5. The number of hydrogen-bond acceptors (Lipinski definition) is 3. The number of rotatable bonds is 6. The maximum Gasteiger partial charge on any atom is 0.184 e. The fraction of sp³-hybridized carbons (Fsp3) is 0.355. The van der Waals surface area contributed by atoms with Crippen LogP contribution in [-0.2, 0) is 9.84 Å². The van der Waals surface area contributed by atoms with E-state index in [1.807, 2.05) is 18.2 Å². The van der Waals surface area contributed by atoms with Crippen LogP contribution in [0.1, 0.15) is 56.1 Å². The molecular weight excluding hydrogens is 450 g/mol. The van der Waals surface area contributed by atoms with Crippen molar-refractivity contribution in [1.29, 1.82) is 0 Å². The minimum atomic E-state index is -3.27. The topological polar surface area (TPSA) is 37.4 Å². The van der Waals surface area contributed by atoms with Gasteiger partial charge in [-0.25, -0.2) is 8.42 Å². The van der Waals surface area contributed by atoms with Crippen molar-refractivity contribution in [1.82, 2.24) is 4.90 Å². The zero-order valence-electron chi connectivity index (χ0n) is 20.2. The lowest BCUT2D eigenvalue weighted by atomic mass is 9.80. The fourth-order valence-electron chi connectivity index (χ4n) is 6.39. The second-order valence-electron chi connectivity index (χ2n) is 10.4. The van der Waals surface area contributed by atoms with Gasteiger partial charge in [0.1, 0.15) is 0 Å². The number of benzene rings is 3. The molecule has 35 heavy (non-hydrogen) atoms. The first-order chi connectivity index (χ1) is 17.1. The van der Waals surface area contributed by atoms with Crippen LogP contribution < -0.4 is 0 Å². The molecule has 0 bridgehead atoms. The van der Waals surface area contributed by atoms with E-state index >= 15 is 0 Å². The van der Waals surface area contributed by atoms with Gasteiger partial charge < -0.3 is 4.90 Å². The average molecular weight is 484 g/mol. The van der Waals surface area contributed by atoms with E-state index in [4.69, 9.17) is 0 Å². The molecule has 4 heteroatoms. The van der Waals surface area contributed by atoms with Crippen LogP contribution in [0.15, 0.2) is 89.3 Å². The molecule has 0 radical (unpaired) electrons. The molecule has 0 aromatic heterocycles. The molecule has 0 N–H and O–H groups in total. The smallest absolute Gasteiger partial charge is 0.184 e. The highest BCUT2D eigenvalue weighted by Crippen LogP contribution is 2.48. The highest BCUT2D eigenvalue weighted by Gasteiger charge is 2.48. The van der Waals surface area contributed by atoms with Gasteiger partial charge in [-0.2, -0.15) is 0 Å². The molecule has 3 nitrogen and oxygen atoms in total. The Kier molecular flexibility index (Phi) is 5.90. The van der Waals surface area contributed by atoms with E-state index in [0.29, 0.717) is 4.90 Å². The van der Waals surface area contributed by atoms with E-state index in [9.17, 15) is 8.42 Å². The first kappa shape index (κ1) is 22.8. The predicted octanol–water partition coefficient (Wildman–Crippen LogP) is 6.74. The highest BCUT2D eigenvalue weighted by atomic mass is 32.2. The summed E-state index contributed by atoms with van der Waals surface area (Å²) in [6.45, 7) is 3.10. The number of sulfone groups is 1. The molecule has 3 aliphatic rings. The molecule has 0 spiro atoms. The number of hydrogen-bond donors (Lipinski definition) is 0. The minimum absolute atomic E-state index is 0.492. The molecule has 1 saturated heterocycles. The van der Waals surface area contributed by atoms with Crippen LogP contribution in [0.2, 0.25) is 0 Å². The third-order valence-electron chi connectivity index (χ3n) is 8.49. The SMILES string of the molecule is O=S(=O)(c1ccccc1)C1(CCCN2CCC(=C3c4ccccc4-c4ccccc43)CC2)CCC1. The van der Waals surface area contributed by atoms with Crippen LogP contribution >= 0.6 is 0 Å². The van der Waals surface area contributed by atoms with Gasteiger partial charge in [-0.1, -0.05) is 78.7 Å². The molecule has 2 fully saturated rings. The van der Waals surface area contributed by atoms with E-state index in [0.717, 1.165) is 64.6 Å². The Hall–Kier alpha value is -2.69. The molecule has 1 heterocycles. The third-order valence-corrected chi connectivity index (χ3v) is 11.1. The number of nitrogens with zero attached hydrogens (tertiary/aromatic N) is 1. The molecule has 6 rings (SSSR count). The van der Waals surface area contributed by atoms with Crippen LogP contribution in [0.4, 0.5) is 0 Å². The van der Waals surface area contributed by atoms with Crippen molar-refractivity contribution >= 4 is 15.4 Å². The zero-order chi connectivity index (χ0) is 23.9. The Morgan fingerprint density at radius 1 is 0.714 bits per heavy atom. The minimum Gasteiger partial charge on any atom is -0.303 e. The molecule has 0 amide bonds. The Morgan fingerprint density at radius 3 is 1.80 bits per heavy atom. The summed E-state index contributed by atoms with van der Waals surface area (Å²) in [5.74, 6) is 0. The molecule has 2 aliphatic carbocycles. The molecule has 180 valence electrons. The zero-order valence-corrected chi connectivity index (χ0v) is 21.1. The molecule has 3 aromatic carbocycles. The second kappa shape index (κ2) is 9.07. The van der Waals surface area contributed by atoms with Crippen molar-refractivity contribution in [3.05, 3.63) is 95.6 Å². The second-order valence-corrected chi connectivity index (χ2v) is 12.7. The lowest BCUT2D eigenvalue weighted by Crippen LogP contribution is -2.45. The van der Waals surface area contributed by atoms with E-state index < -0.39 is 14.6 Å². The number of fused-ring (bicyclic) bond motifs is 3. The van der Waals surface area contributed by atoms with Gasteiger partial charge in [0.25, 0.3) is 0 Å².